The Morgan fingerprint density at radius 3 is 2.21 bits per heavy atom. The first-order chi connectivity index (χ1) is 14.0. The molecule has 29 heavy (non-hydrogen) atoms. The molecule has 150 valence electrons. The number of aryl methyl sites for hydroxylation is 3. The SMILES string of the molecule is CCc1cccc(CC)c1Nc1cc(C)nc(Nc2cccc(NC(C)=O)c2)n1. The van der Waals surface area contributed by atoms with Gasteiger partial charge in [0, 0.05) is 35.7 Å². The highest BCUT2D eigenvalue weighted by molar-refractivity contribution is 5.89. The van der Waals surface area contributed by atoms with Crippen molar-refractivity contribution in [2.75, 3.05) is 16.0 Å². The van der Waals surface area contributed by atoms with E-state index in [1.54, 1.807) is 0 Å². The summed E-state index contributed by atoms with van der Waals surface area (Å²) in [5.74, 6) is 1.13. The summed E-state index contributed by atoms with van der Waals surface area (Å²) in [7, 11) is 0. The minimum absolute atomic E-state index is 0.109. The third-order valence-corrected chi connectivity index (χ3v) is 4.55. The molecular formula is C23H27N5O. The Kier molecular flexibility index (Phi) is 6.44. The highest BCUT2D eigenvalue weighted by Crippen LogP contribution is 2.27. The van der Waals surface area contributed by atoms with E-state index >= 15 is 0 Å². The average Bonchev–Trinajstić information content (AvgIpc) is 2.67. The summed E-state index contributed by atoms with van der Waals surface area (Å²) in [5.41, 5.74) is 6.02. The van der Waals surface area contributed by atoms with Crippen LogP contribution in [0.1, 0.15) is 37.6 Å². The van der Waals surface area contributed by atoms with Crippen molar-refractivity contribution in [3.8, 4) is 0 Å². The Morgan fingerprint density at radius 2 is 1.55 bits per heavy atom. The van der Waals surface area contributed by atoms with Crippen molar-refractivity contribution in [1.82, 2.24) is 9.97 Å². The third kappa shape index (κ3) is 5.31. The monoisotopic (exact) mass is 389 g/mol. The van der Waals surface area contributed by atoms with Gasteiger partial charge in [0.2, 0.25) is 11.9 Å². The molecule has 0 aliphatic carbocycles. The van der Waals surface area contributed by atoms with E-state index in [1.165, 1.54) is 18.1 Å². The summed E-state index contributed by atoms with van der Waals surface area (Å²) in [6.07, 6.45) is 1.89. The summed E-state index contributed by atoms with van der Waals surface area (Å²) >= 11 is 0. The van der Waals surface area contributed by atoms with Crippen molar-refractivity contribution in [2.24, 2.45) is 0 Å². The van der Waals surface area contributed by atoms with E-state index in [9.17, 15) is 4.79 Å². The maximum absolute atomic E-state index is 11.3. The van der Waals surface area contributed by atoms with Crippen molar-refractivity contribution in [1.29, 1.82) is 0 Å². The smallest absolute Gasteiger partial charge is 0.229 e. The average molecular weight is 390 g/mol. The highest BCUT2D eigenvalue weighted by atomic mass is 16.1. The number of carbonyl (C=O) groups excluding carboxylic acids is 1. The van der Waals surface area contributed by atoms with E-state index in [4.69, 9.17) is 0 Å². The van der Waals surface area contributed by atoms with Gasteiger partial charge in [-0.3, -0.25) is 4.79 Å². The molecule has 6 nitrogen and oxygen atoms in total. The summed E-state index contributed by atoms with van der Waals surface area (Å²) in [6, 6.07) is 15.8. The summed E-state index contributed by atoms with van der Waals surface area (Å²) < 4.78 is 0. The number of nitrogens with one attached hydrogen (secondary N) is 3. The van der Waals surface area contributed by atoms with Gasteiger partial charge in [-0.1, -0.05) is 38.1 Å². The first kappa shape index (κ1) is 20.3. The van der Waals surface area contributed by atoms with Gasteiger partial charge in [0.25, 0.3) is 0 Å². The zero-order valence-electron chi connectivity index (χ0n) is 17.3. The number of carbonyl (C=O) groups is 1. The number of para-hydroxylation sites is 1. The maximum Gasteiger partial charge on any atom is 0.229 e. The van der Waals surface area contributed by atoms with Gasteiger partial charge in [-0.05, 0) is 49.1 Å². The molecule has 1 heterocycles. The Labute approximate surface area is 171 Å². The first-order valence-corrected chi connectivity index (χ1v) is 9.86. The summed E-state index contributed by atoms with van der Waals surface area (Å²) in [4.78, 5) is 20.4. The molecule has 0 aliphatic rings. The standard InChI is InChI=1S/C23H27N5O/c1-5-17-9-7-10-18(6-2)22(17)27-21-13-15(3)24-23(28-21)26-20-12-8-11-19(14-20)25-16(4)29/h7-14H,5-6H2,1-4H3,(H,25,29)(H2,24,26,27,28). The van der Waals surface area contributed by atoms with Crippen molar-refractivity contribution >= 4 is 34.7 Å². The van der Waals surface area contributed by atoms with Crippen LogP contribution in [0.15, 0.2) is 48.5 Å². The fraction of sp³-hybridized carbons (Fsp3) is 0.261. The van der Waals surface area contributed by atoms with Crippen LogP contribution in [0.2, 0.25) is 0 Å². The molecule has 1 aromatic heterocycles. The van der Waals surface area contributed by atoms with Crippen LogP contribution in [0.4, 0.5) is 28.8 Å². The predicted molar refractivity (Wildman–Crippen MR) is 119 cm³/mol. The number of amides is 1. The molecular weight excluding hydrogens is 362 g/mol. The number of aromatic nitrogens is 2. The lowest BCUT2D eigenvalue weighted by Crippen LogP contribution is -2.07. The minimum atomic E-state index is -0.109. The molecule has 0 radical (unpaired) electrons. The molecule has 3 N–H and O–H groups in total. The van der Waals surface area contributed by atoms with Gasteiger partial charge in [-0.15, -0.1) is 0 Å². The van der Waals surface area contributed by atoms with Crippen molar-refractivity contribution in [2.45, 2.75) is 40.5 Å². The van der Waals surface area contributed by atoms with Crippen molar-refractivity contribution in [3.63, 3.8) is 0 Å². The molecule has 1 amide bonds. The summed E-state index contributed by atoms with van der Waals surface area (Å²) in [5, 5.41) is 9.51. The fourth-order valence-corrected chi connectivity index (χ4v) is 3.23. The van der Waals surface area contributed by atoms with E-state index in [0.29, 0.717) is 5.95 Å². The second kappa shape index (κ2) is 9.19. The Hall–Kier alpha value is -3.41. The van der Waals surface area contributed by atoms with Gasteiger partial charge in [0.1, 0.15) is 5.82 Å². The van der Waals surface area contributed by atoms with Gasteiger partial charge in [-0.25, -0.2) is 4.98 Å². The van der Waals surface area contributed by atoms with E-state index < -0.39 is 0 Å². The maximum atomic E-state index is 11.3. The van der Waals surface area contributed by atoms with Gasteiger partial charge in [-0.2, -0.15) is 4.98 Å². The van der Waals surface area contributed by atoms with Gasteiger partial charge in [0.05, 0.1) is 0 Å². The second-order valence-electron chi connectivity index (χ2n) is 6.89. The van der Waals surface area contributed by atoms with E-state index in [0.717, 1.165) is 41.4 Å². The molecule has 2 aromatic carbocycles. The molecule has 3 aromatic rings. The molecule has 3 rings (SSSR count). The lowest BCUT2D eigenvalue weighted by molar-refractivity contribution is -0.114. The third-order valence-electron chi connectivity index (χ3n) is 4.55. The van der Waals surface area contributed by atoms with Crippen molar-refractivity contribution in [3.05, 3.63) is 65.4 Å². The lowest BCUT2D eigenvalue weighted by atomic mass is 10.0. The van der Waals surface area contributed by atoms with Crippen LogP contribution in [-0.4, -0.2) is 15.9 Å². The molecule has 0 spiro atoms. The normalized spacial score (nSPS) is 10.5. The topological polar surface area (TPSA) is 78.9 Å². The number of rotatable bonds is 7. The Balaban J connectivity index is 1.87. The molecule has 0 saturated carbocycles. The zero-order valence-corrected chi connectivity index (χ0v) is 17.3. The molecule has 0 saturated heterocycles. The van der Waals surface area contributed by atoms with Crippen LogP contribution in [0, 0.1) is 6.92 Å². The number of hydrogen-bond acceptors (Lipinski definition) is 5. The quantitative estimate of drug-likeness (QED) is 0.507. The number of hydrogen-bond donors (Lipinski definition) is 3. The van der Waals surface area contributed by atoms with Crippen molar-refractivity contribution < 1.29 is 4.79 Å². The molecule has 6 heteroatoms. The van der Waals surface area contributed by atoms with Crippen LogP contribution in [-0.2, 0) is 17.6 Å². The number of benzene rings is 2. The highest BCUT2D eigenvalue weighted by Gasteiger charge is 2.09. The van der Waals surface area contributed by atoms with E-state index in [2.05, 4.69) is 58.0 Å². The van der Waals surface area contributed by atoms with Crippen LogP contribution in [0.5, 0.6) is 0 Å². The number of anilines is 5. The molecule has 0 bridgehead atoms. The van der Waals surface area contributed by atoms with Gasteiger partial charge >= 0.3 is 0 Å². The zero-order chi connectivity index (χ0) is 20.8. The number of nitrogens with zero attached hydrogens (tertiary/aromatic N) is 2. The Morgan fingerprint density at radius 1 is 0.897 bits per heavy atom. The Bertz CT molecular complexity index is 994. The molecule has 0 atom stereocenters. The fourth-order valence-electron chi connectivity index (χ4n) is 3.23. The molecule has 0 unspecified atom stereocenters. The molecule has 0 aliphatic heterocycles. The van der Waals surface area contributed by atoms with E-state index in [1.807, 2.05) is 37.3 Å². The van der Waals surface area contributed by atoms with Gasteiger partial charge < -0.3 is 16.0 Å². The minimum Gasteiger partial charge on any atom is -0.340 e. The predicted octanol–water partition coefficient (Wildman–Crippen LogP) is 5.36. The van der Waals surface area contributed by atoms with Crippen LogP contribution in [0.25, 0.3) is 0 Å². The largest absolute Gasteiger partial charge is 0.340 e. The first-order valence-electron chi connectivity index (χ1n) is 9.86. The van der Waals surface area contributed by atoms with Crippen LogP contribution < -0.4 is 16.0 Å². The second-order valence-corrected chi connectivity index (χ2v) is 6.89. The van der Waals surface area contributed by atoms with E-state index in [-0.39, 0.29) is 5.91 Å². The summed E-state index contributed by atoms with van der Waals surface area (Å²) in [6.45, 7) is 7.74. The lowest BCUT2D eigenvalue weighted by Gasteiger charge is -2.16. The van der Waals surface area contributed by atoms with Gasteiger partial charge in [0.15, 0.2) is 0 Å². The molecule has 0 fully saturated rings. The van der Waals surface area contributed by atoms with Crippen LogP contribution >= 0.6 is 0 Å². The van der Waals surface area contributed by atoms with Crippen LogP contribution in [0.3, 0.4) is 0 Å².